The maximum absolute atomic E-state index is 16.0. The number of hydrogen-bond donors (Lipinski definition) is 4. The van der Waals surface area contributed by atoms with Gasteiger partial charge in [-0.05, 0) is 58.8 Å². The van der Waals surface area contributed by atoms with Crippen molar-refractivity contribution in [3.05, 3.63) is 23.5 Å². The van der Waals surface area contributed by atoms with Crippen LogP contribution >= 0.6 is 0 Å². The van der Waals surface area contributed by atoms with E-state index in [9.17, 15) is 0 Å². The predicted molar refractivity (Wildman–Crippen MR) is 131 cm³/mol. The van der Waals surface area contributed by atoms with Gasteiger partial charge in [0.2, 0.25) is 6.79 Å². The summed E-state index contributed by atoms with van der Waals surface area (Å²) in [6, 6.07) is 1.73. The second kappa shape index (κ2) is 10.6. The van der Waals surface area contributed by atoms with Gasteiger partial charge in [0.05, 0.1) is 17.4 Å². The van der Waals surface area contributed by atoms with Crippen molar-refractivity contribution in [2.45, 2.75) is 76.8 Å². The summed E-state index contributed by atoms with van der Waals surface area (Å²) in [5.74, 6) is 0.841. The summed E-state index contributed by atoms with van der Waals surface area (Å²) in [4.78, 5) is 2.25. The number of allylic oxidation sites excluding steroid dienone is 1. The van der Waals surface area contributed by atoms with Crippen LogP contribution in [0.1, 0.15) is 64.4 Å². The number of benzene rings is 1. The maximum Gasteiger partial charge on any atom is 0.231 e. The van der Waals surface area contributed by atoms with Crippen molar-refractivity contribution in [2.75, 3.05) is 39.3 Å². The Morgan fingerprint density at radius 1 is 1.30 bits per heavy atom. The van der Waals surface area contributed by atoms with E-state index in [2.05, 4.69) is 53.1 Å². The molecule has 7 nitrogen and oxygen atoms in total. The van der Waals surface area contributed by atoms with Crippen molar-refractivity contribution >= 4 is 11.3 Å². The first-order chi connectivity index (χ1) is 15.9. The molecule has 0 aromatic heterocycles. The average Bonchev–Trinajstić information content (AvgIpc) is 3.14. The highest BCUT2D eigenvalue weighted by Crippen LogP contribution is 2.45. The maximum atomic E-state index is 16.0. The number of nitrogens with one attached hydrogen (secondary N) is 4. The van der Waals surface area contributed by atoms with Gasteiger partial charge in [0.25, 0.3) is 0 Å². The van der Waals surface area contributed by atoms with Gasteiger partial charge in [0.15, 0.2) is 17.3 Å². The minimum Gasteiger partial charge on any atom is -0.453 e. The van der Waals surface area contributed by atoms with E-state index in [4.69, 9.17) is 9.47 Å². The van der Waals surface area contributed by atoms with Crippen LogP contribution in [0.5, 0.6) is 11.5 Å². The van der Waals surface area contributed by atoms with Crippen LogP contribution in [0.25, 0.3) is 5.57 Å². The predicted octanol–water partition coefficient (Wildman–Crippen LogP) is 3.83. The molecule has 1 aromatic rings. The molecule has 0 radical (unpaired) electrons. The molecule has 0 amide bonds. The highest BCUT2D eigenvalue weighted by Gasteiger charge is 2.36. The number of rotatable bonds is 8. The molecule has 3 unspecified atom stereocenters. The van der Waals surface area contributed by atoms with Crippen molar-refractivity contribution in [1.82, 2.24) is 20.9 Å². The van der Waals surface area contributed by atoms with E-state index in [-0.39, 0.29) is 30.6 Å². The third kappa shape index (κ3) is 5.62. The molecule has 0 saturated carbocycles. The van der Waals surface area contributed by atoms with Gasteiger partial charge >= 0.3 is 0 Å². The van der Waals surface area contributed by atoms with Gasteiger partial charge in [-0.25, -0.2) is 4.39 Å². The second-order valence-electron chi connectivity index (χ2n) is 9.89. The minimum absolute atomic E-state index is 0.0458. The average molecular weight is 462 g/mol. The summed E-state index contributed by atoms with van der Waals surface area (Å²) in [5.41, 5.74) is 1.90. The normalized spacial score (nSPS) is 27.8. The summed E-state index contributed by atoms with van der Waals surface area (Å²) in [7, 11) is 4.05. The number of hydrogen-bond acceptors (Lipinski definition) is 7. The first kappa shape index (κ1) is 24.3. The Labute approximate surface area is 197 Å². The molecular weight excluding hydrogens is 421 g/mol. The van der Waals surface area contributed by atoms with Crippen LogP contribution in [-0.2, 0) is 0 Å². The molecule has 8 heteroatoms. The van der Waals surface area contributed by atoms with Gasteiger partial charge in [-0.1, -0.05) is 32.3 Å². The van der Waals surface area contributed by atoms with Gasteiger partial charge < -0.3 is 25.0 Å². The minimum atomic E-state index is -0.280. The molecule has 3 atom stereocenters. The van der Waals surface area contributed by atoms with Crippen LogP contribution in [0.2, 0.25) is 0 Å². The fraction of sp³-hybridized carbons (Fsp3) is 0.680. The van der Waals surface area contributed by atoms with E-state index in [0.717, 1.165) is 44.3 Å². The van der Waals surface area contributed by atoms with E-state index in [0.29, 0.717) is 22.7 Å². The molecular formula is C25H40FN5O2. The lowest BCUT2D eigenvalue weighted by Gasteiger charge is -2.45. The molecule has 0 aliphatic carbocycles. The number of halogens is 1. The van der Waals surface area contributed by atoms with E-state index < -0.39 is 0 Å². The molecule has 1 aromatic carbocycles. The largest absolute Gasteiger partial charge is 0.453 e. The Morgan fingerprint density at radius 2 is 2.15 bits per heavy atom. The third-order valence-corrected chi connectivity index (χ3v) is 7.05. The standard InChI is InChI=1S/C25H40FN5O2/c1-5-6-7-11-25(2)15-20(27-3)29-24(30-25)28-18-14-19-23(33-16-32-19)21(22(18)26)17-9-8-12-31(4)13-10-17/h10,14,20,24,27-30H,5-9,11-13,15-16H2,1-4H3. The molecule has 4 N–H and O–H groups in total. The Hall–Kier alpha value is -1.87. The van der Waals surface area contributed by atoms with Gasteiger partial charge in [-0.15, -0.1) is 0 Å². The van der Waals surface area contributed by atoms with Crippen molar-refractivity contribution in [2.24, 2.45) is 0 Å². The van der Waals surface area contributed by atoms with Gasteiger partial charge in [-0.3, -0.25) is 10.6 Å². The molecule has 184 valence electrons. The fourth-order valence-electron chi connectivity index (χ4n) is 5.16. The molecule has 4 rings (SSSR count). The summed E-state index contributed by atoms with van der Waals surface area (Å²) >= 11 is 0. The lowest BCUT2D eigenvalue weighted by molar-refractivity contribution is 0.154. The second-order valence-corrected chi connectivity index (χ2v) is 9.89. The van der Waals surface area contributed by atoms with Gasteiger partial charge in [0.1, 0.15) is 6.29 Å². The number of fused-ring (bicyclic) bond motifs is 1. The lowest BCUT2D eigenvalue weighted by atomic mass is 9.87. The van der Waals surface area contributed by atoms with Crippen molar-refractivity contribution in [3.8, 4) is 11.5 Å². The number of ether oxygens (including phenoxy) is 2. The Bertz CT molecular complexity index is 864. The molecule has 1 saturated heterocycles. The quantitative estimate of drug-likeness (QED) is 0.439. The van der Waals surface area contributed by atoms with E-state index in [1.807, 2.05) is 7.05 Å². The number of nitrogens with zero attached hydrogens (tertiary/aromatic N) is 1. The summed E-state index contributed by atoms with van der Waals surface area (Å²) in [6.45, 7) is 6.40. The number of unbranched alkanes of at least 4 members (excludes halogenated alkanes) is 2. The topological polar surface area (TPSA) is 69.8 Å². The smallest absolute Gasteiger partial charge is 0.231 e. The zero-order valence-electron chi connectivity index (χ0n) is 20.5. The first-order valence-corrected chi connectivity index (χ1v) is 12.4. The van der Waals surface area contributed by atoms with Crippen LogP contribution in [0.15, 0.2) is 12.1 Å². The Balaban J connectivity index is 1.60. The molecule has 1 fully saturated rings. The lowest BCUT2D eigenvalue weighted by Crippen LogP contribution is -2.68. The summed E-state index contributed by atoms with van der Waals surface area (Å²) < 4.78 is 27.4. The van der Waals surface area contributed by atoms with E-state index >= 15 is 4.39 Å². The van der Waals surface area contributed by atoms with Crippen LogP contribution in [-0.4, -0.2) is 56.9 Å². The summed E-state index contributed by atoms with van der Waals surface area (Å²) in [5, 5.41) is 13.9. The van der Waals surface area contributed by atoms with Crippen LogP contribution < -0.4 is 30.7 Å². The van der Waals surface area contributed by atoms with Crippen LogP contribution in [0, 0.1) is 5.82 Å². The molecule has 0 spiro atoms. The number of anilines is 1. The fourth-order valence-corrected chi connectivity index (χ4v) is 5.16. The van der Waals surface area contributed by atoms with Crippen molar-refractivity contribution in [3.63, 3.8) is 0 Å². The summed E-state index contributed by atoms with van der Waals surface area (Å²) in [6.07, 6.45) is 9.41. The monoisotopic (exact) mass is 461 g/mol. The van der Waals surface area contributed by atoms with Gasteiger partial charge in [0, 0.05) is 18.2 Å². The Morgan fingerprint density at radius 3 is 2.94 bits per heavy atom. The Kier molecular flexibility index (Phi) is 7.79. The van der Waals surface area contributed by atoms with E-state index in [1.54, 1.807) is 6.07 Å². The zero-order valence-corrected chi connectivity index (χ0v) is 20.5. The highest BCUT2D eigenvalue weighted by atomic mass is 19.1. The van der Waals surface area contributed by atoms with Crippen LogP contribution in [0.3, 0.4) is 0 Å². The van der Waals surface area contributed by atoms with Crippen LogP contribution in [0.4, 0.5) is 10.1 Å². The third-order valence-electron chi connectivity index (χ3n) is 7.05. The molecule has 0 bridgehead atoms. The molecule has 3 aliphatic rings. The molecule has 3 heterocycles. The van der Waals surface area contributed by atoms with Crippen molar-refractivity contribution < 1.29 is 13.9 Å². The van der Waals surface area contributed by atoms with E-state index in [1.165, 1.54) is 19.3 Å². The van der Waals surface area contributed by atoms with Crippen molar-refractivity contribution in [1.29, 1.82) is 0 Å². The first-order valence-electron chi connectivity index (χ1n) is 12.4. The molecule has 33 heavy (non-hydrogen) atoms. The zero-order chi connectivity index (χ0) is 23.4. The molecule has 3 aliphatic heterocycles. The number of likely N-dealkylation sites (N-methyl/N-ethyl adjacent to an activating group) is 1. The highest BCUT2D eigenvalue weighted by molar-refractivity contribution is 5.78. The van der Waals surface area contributed by atoms with Gasteiger partial charge in [-0.2, -0.15) is 0 Å². The SMILES string of the molecule is CCCCCC1(C)CC(NC)NC(Nc2cc3c(c(C4=CCN(C)CCC4)c2F)OCO3)N1.